The maximum absolute atomic E-state index is 10.2. The standard InChI is InChI=1S/C28H44O/c1-6-28-17-14-22(29)18-21(28)10-11-23-25-13-12-24(20(4)9-7-8-19(2)3)27(25,5)16-15-26(23)28/h1,10,19-20,22-26,29H,7-9,11-18H2,2-5H3/t20?,22-,23-,24+,25-,26-,27+,28-/m0/s1. The first kappa shape index (κ1) is 21.5. The second-order valence-electron chi connectivity index (χ2n) is 11.9. The van der Waals surface area contributed by atoms with Crippen LogP contribution in [0.15, 0.2) is 11.6 Å². The fraction of sp³-hybridized carbons (Fsp3) is 0.857. The highest BCUT2D eigenvalue weighted by atomic mass is 16.3. The van der Waals surface area contributed by atoms with E-state index in [0.29, 0.717) is 11.3 Å². The predicted octanol–water partition coefficient (Wildman–Crippen LogP) is 7.00. The number of rotatable bonds is 5. The van der Waals surface area contributed by atoms with Gasteiger partial charge in [-0.05, 0) is 92.3 Å². The van der Waals surface area contributed by atoms with Crippen LogP contribution in [0, 0.1) is 58.7 Å². The van der Waals surface area contributed by atoms with E-state index in [-0.39, 0.29) is 11.5 Å². The summed E-state index contributed by atoms with van der Waals surface area (Å²) in [7, 11) is 0. The van der Waals surface area contributed by atoms with Crippen LogP contribution in [0.1, 0.15) is 98.3 Å². The van der Waals surface area contributed by atoms with E-state index in [4.69, 9.17) is 6.42 Å². The zero-order valence-electron chi connectivity index (χ0n) is 19.4. The van der Waals surface area contributed by atoms with E-state index < -0.39 is 0 Å². The first-order valence-corrected chi connectivity index (χ1v) is 12.7. The van der Waals surface area contributed by atoms with E-state index >= 15 is 0 Å². The molecule has 8 atom stereocenters. The van der Waals surface area contributed by atoms with Crippen LogP contribution < -0.4 is 0 Å². The van der Waals surface area contributed by atoms with Crippen LogP contribution in [0.2, 0.25) is 0 Å². The molecule has 29 heavy (non-hydrogen) atoms. The molecule has 3 fully saturated rings. The van der Waals surface area contributed by atoms with Crippen molar-refractivity contribution in [3.05, 3.63) is 11.6 Å². The summed E-state index contributed by atoms with van der Waals surface area (Å²) in [4.78, 5) is 0. The van der Waals surface area contributed by atoms with Crippen molar-refractivity contribution in [1.82, 2.24) is 0 Å². The summed E-state index contributed by atoms with van der Waals surface area (Å²) in [6, 6.07) is 0. The first-order chi connectivity index (χ1) is 13.8. The van der Waals surface area contributed by atoms with E-state index in [9.17, 15) is 5.11 Å². The molecule has 0 amide bonds. The Hall–Kier alpha value is -0.740. The number of aliphatic hydroxyl groups excluding tert-OH is 1. The highest BCUT2D eigenvalue weighted by Gasteiger charge is 2.59. The Labute approximate surface area is 180 Å². The van der Waals surface area contributed by atoms with E-state index in [1.54, 1.807) is 0 Å². The predicted molar refractivity (Wildman–Crippen MR) is 122 cm³/mol. The van der Waals surface area contributed by atoms with Gasteiger partial charge in [-0.25, -0.2) is 0 Å². The molecule has 0 spiro atoms. The molecule has 162 valence electrons. The van der Waals surface area contributed by atoms with Gasteiger partial charge in [0.05, 0.1) is 11.5 Å². The van der Waals surface area contributed by atoms with Gasteiger partial charge in [-0.3, -0.25) is 0 Å². The monoisotopic (exact) mass is 396 g/mol. The molecule has 0 aliphatic heterocycles. The fourth-order valence-corrected chi connectivity index (χ4v) is 8.58. The molecule has 1 heteroatoms. The largest absolute Gasteiger partial charge is 0.393 e. The Morgan fingerprint density at radius 1 is 1.10 bits per heavy atom. The molecular formula is C28H44O. The highest BCUT2D eigenvalue weighted by Crippen LogP contribution is 2.67. The number of hydrogen-bond acceptors (Lipinski definition) is 1. The topological polar surface area (TPSA) is 20.2 Å². The Bertz CT molecular complexity index is 668. The minimum Gasteiger partial charge on any atom is -0.393 e. The molecule has 1 nitrogen and oxygen atoms in total. The molecule has 4 aliphatic rings. The van der Waals surface area contributed by atoms with E-state index in [1.807, 2.05) is 0 Å². The average molecular weight is 397 g/mol. The summed E-state index contributed by atoms with van der Waals surface area (Å²) in [6.45, 7) is 9.91. The normalized spacial score (nSPS) is 45.0. The first-order valence-electron chi connectivity index (χ1n) is 12.7. The van der Waals surface area contributed by atoms with Crippen molar-refractivity contribution >= 4 is 0 Å². The number of terminal acetylenes is 1. The van der Waals surface area contributed by atoms with Gasteiger partial charge < -0.3 is 5.11 Å². The molecule has 3 saturated carbocycles. The second kappa shape index (κ2) is 8.07. The Morgan fingerprint density at radius 2 is 1.90 bits per heavy atom. The third kappa shape index (κ3) is 3.52. The van der Waals surface area contributed by atoms with E-state index in [0.717, 1.165) is 48.9 Å². The lowest BCUT2D eigenvalue weighted by molar-refractivity contribution is -0.0458. The van der Waals surface area contributed by atoms with Gasteiger partial charge in [0.15, 0.2) is 0 Å². The van der Waals surface area contributed by atoms with Gasteiger partial charge in [0.1, 0.15) is 0 Å². The Kier molecular flexibility index (Phi) is 5.98. The van der Waals surface area contributed by atoms with Crippen LogP contribution in [0.25, 0.3) is 0 Å². The van der Waals surface area contributed by atoms with E-state index in [2.05, 4.69) is 39.7 Å². The summed E-state index contributed by atoms with van der Waals surface area (Å²) in [5.74, 6) is 8.22. The minimum atomic E-state index is -0.171. The zero-order valence-corrected chi connectivity index (χ0v) is 19.4. The van der Waals surface area contributed by atoms with Crippen molar-refractivity contribution in [3.63, 3.8) is 0 Å². The number of allylic oxidation sites excluding steroid dienone is 1. The third-order valence-corrected chi connectivity index (χ3v) is 10.1. The quantitative estimate of drug-likeness (QED) is 0.392. The molecule has 0 aromatic rings. The molecule has 4 aliphatic carbocycles. The molecule has 0 heterocycles. The van der Waals surface area contributed by atoms with Crippen LogP contribution in [0.5, 0.6) is 0 Å². The SMILES string of the molecule is C#C[C@]12CC[C@H](O)CC1=CC[C@H]1[C@@H]3CC[C@H](C(C)CCCC(C)C)[C@@]3(C)CC[C@@H]12. The summed E-state index contributed by atoms with van der Waals surface area (Å²) >= 11 is 0. The van der Waals surface area contributed by atoms with Crippen molar-refractivity contribution in [1.29, 1.82) is 0 Å². The van der Waals surface area contributed by atoms with Crippen molar-refractivity contribution in [2.75, 3.05) is 0 Å². The van der Waals surface area contributed by atoms with Gasteiger partial charge in [-0.2, -0.15) is 0 Å². The molecule has 1 unspecified atom stereocenters. The number of hydrogen-bond donors (Lipinski definition) is 1. The molecule has 0 saturated heterocycles. The maximum Gasteiger partial charge on any atom is 0.0578 e. The van der Waals surface area contributed by atoms with Crippen LogP contribution in [0.4, 0.5) is 0 Å². The average Bonchev–Trinajstić information content (AvgIpc) is 3.04. The Balaban J connectivity index is 1.52. The summed E-state index contributed by atoms with van der Waals surface area (Å²) < 4.78 is 0. The summed E-state index contributed by atoms with van der Waals surface area (Å²) in [6.07, 6.45) is 22.2. The maximum atomic E-state index is 10.2. The Morgan fingerprint density at radius 3 is 2.62 bits per heavy atom. The molecule has 4 rings (SSSR count). The van der Waals surface area contributed by atoms with Crippen LogP contribution in [-0.2, 0) is 0 Å². The van der Waals surface area contributed by atoms with Gasteiger partial charge in [0, 0.05) is 0 Å². The van der Waals surface area contributed by atoms with Gasteiger partial charge in [0.2, 0.25) is 0 Å². The molecule has 1 N–H and O–H groups in total. The van der Waals surface area contributed by atoms with Gasteiger partial charge in [0.25, 0.3) is 0 Å². The lowest BCUT2D eigenvalue weighted by Gasteiger charge is -2.57. The molecule has 0 bridgehead atoms. The van der Waals surface area contributed by atoms with Crippen LogP contribution in [0.3, 0.4) is 0 Å². The second-order valence-corrected chi connectivity index (χ2v) is 11.9. The zero-order chi connectivity index (χ0) is 20.8. The van der Waals surface area contributed by atoms with Crippen molar-refractivity contribution in [3.8, 4) is 12.3 Å². The van der Waals surface area contributed by atoms with Gasteiger partial charge in [-0.1, -0.05) is 64.5 Å². The lowest BCUT2D eigenvalue weighted by atomic mass is 9.46. The van der Waals surface area contributed by atoms with E-state index in [1.165, 1.54) is 56.9 Å². The number of aliphatic hydroxyl groups is 1. The minimum absolute atomic E-state index is 0.0373. The van der Waals surface area contributed by atoms with Crippen LogP contribution in [-0.4, -0.2) is 11.2 Å². The summed E-state index contributed by atoms with van der Waals surface area (Å²) in [5.41, 5.74) is 1.90. The van der Waals surface area contributed by atoms with Crippen LogP contribution >= 0.6 is 0 Å². The summed E-state index contributed by atoms with van der Waals surface area (Å²) in [5, 5.41) is 10.2. The molecule has 0 aromatic carbocycles. The molecule has 0 aromatic heterocycles. The lowest BCUT2D eigenvalue weighted by Crippen LogP contribution is -2.51. The van der Waals surface area contributed by atoms with Crippen molar-refractivity contribution < 1.29 is 5.11 Å². The van der Waals surface area contributed by atoms with Crippen molar-refractivity contribution in [2.45, 2.75) is 104 Å². The third-order valence-electron chi connectivity index (χ3n) is 10.1. The van der Waals surface area contributed by atoms with Gasteiger partial charge >= 0.3 is 0 Å². The molecular weight excluding hydrogens is 352 g/mol. The smallest absolute Gasteiger partial charge is 0.0578 e. The molecule has 0 radical (unpaired) electrons. The fourth-order valence-electron chi connectivity index (χ4n) is 8.58. The highest BCUT2D eigenvalue weighted by molar-refractivity contribution is 5.34. The van der Waals surface area contributed by atoms with Gasteiger partial charge in [-0.15, -0.1) is 6.42 Å². The number of fused-ring (bicyclic) bond motifs is 5. The van der Waals surface area contributed by atoms with Crippen molar-refractivity contribution in [2.24, 2.45) is 46.3 Å².